The van der Waals surface area contributed by atoms with Gasteiger partial charge < -0.3 is 21.1 Å². The van der Waals surface area contributed by atoms with Crippen molar-refractivity contribution in [2.75, 3.05) is 6.61 Å². The fraction of sp³-hybridized carbons (Fsp3) is 0.556. The molecular formula is C9H17NO5. The van der Waals surface area contributed by atoms with Gasteiger partial charge in [0, 0.05) is 12.2 Å². The van der Waals surface area contributed by atoms with Gasteiger partial charge in [-0.3, -0.25) is 4.79 Å². The highest BCUT2D eigenvalue weighted by atomic mass is 16.4. The van der Waals surface area contributed by atoms with Crippen molar-refractivity contribution in [2.24, 2.45) is 5.73 Å². The van der Waals surface area contributed by atoms with Crippen LogP contribution < -0.4 is 5.73 Å². The van der Waals surface area contributed by atoms with Crippen molar-refractivity contribution in [3.63, 3.8) is 0 Å². The van der Waals surface area contributed by atoms with E-state index < -0.39 is 18.0 Å². The first-order valence-electron chi connectivity index (χ1n) is 4.31. The van der Waals surface area contributed by atoms with Crippen molar-refractivity contribution in [1.82, 2.24) is 0 Å². The van der Waals surface area contributed by atoms with Crippen LogP contribution in [0.15, 0.2) is 11.6 Å². The van der Waals surface area contributed by atoms with Crippen LogP contribution in [-0.2, 0) is 9.59 Å². The highest BCUT2D eigenvalue weighted by Crippen LogP contribution is 1.91. The van der Waals surface area contributed by atoms with Crippen molar-refractivity contribution < 1.29 is 24.9 Å². The SMILES string of the molecule is CC(=CCCO)C(N)=O.CC(O)C(=O)O. The van der Waals surface area contributed by atoms with Crippen molar-refractivity contribution in [2.45, 2.75) is 26.4 Å². The summed E-state index contributed by atoms with van der Waals surface area (Å²) in [7, 11) is 0. The summed E-state index contributed by atoms with van der Waals surface area (Å²) in [6.07, 6.45) is 0.877. The molecule has 0 bridgehead atoms. The molecule has 0 aliphatic rings. The second-order valence-electron chi connectivity index (χ2n) is 2.78. The predicted octanol–water partition coefficient (Wildman–Crippen LogP) is -0.748. The van der Waals surface area contributed by atoms with Gasteiger partial charge >= 0.3 is 5.97 Å². The summed E-state index contributed by atoms with van der Waals surface area (Å²) in [5.41, 5.74) is 5.39. The maximum absolute atomic E-state index is 10.3. The first-order valence-corrected chi connectivity index (χ1v) is 4.31. The van der Waals surface area contributed by atoms with E-state index >= 15 is 0 Å². The van der Waals surface area contributed by atoms with Crippen LogP contribution in [0.4, 0.5) is 0 Å². The largest absolute Gasteiger partial charge is 0.479 e. The fourth-order valence-electron chi connectivity index (χ4n) is 0.382. The average molecular weight is 219 g/mol. The molecule has 0 fully saturated rings. The van der Waals surface area contributed by atoms with Crippen molar-refractivity contribution in [3.8, 4) is 0 Å². The maximum Gasteiger partial charge on any atom is 0.332 e. The zero-order chi connectivity index (χ0) is 12.4. The lowest BCUT2D eigenvalue weighted by Gasteiger charge is -1.90. The third-order valence-corrected chi connectivity index (χ3v) is 1.33. The number of aliphatic hydroxyl groups excluding tert-OH is 2. The van der Waals surface area contributed by atoms with E-state index in [0.29, 0.717) is 12.0 Å². The van der Waals surface area contributed by atoms with Crippen LogP contribution in [-0.4, -0.2) is 39.9 Å². The summed E-state index contributed by atoms with van der Waals surface area (Å²) in [4.78, 5) is 19.7. The summed E-state index contributed by atoms with van der Waals surface area (Å²) in [5, 5.41) is 24.1. The zero-order valence-corrected chi connectivity index (χ0v) is 8.80. The molecule has 1 amide bonds. The van der Waals surface area contributed by atoms with Crippen molar-refractivity contribution in [1.29, 1.82) is 0 Å². The van der Waals surface area contributed by atoms with Crippen LogP contribution in [0.25, 0.3) is 0 Å². The van der Waals surface area contributed by atoms with Gasteiger partial charge in [0.25, 0.3) is 0 Å². The van der Waals surface area contributed by atoms with Gasteiger partial charge in [0.2, 0.25) is 5.91 Å². The number of hydrogen-bond donors (Lipinski definition) is 4. The molecule has 0 radical (unpaired) electrons. The number of primary amides is 1. The van der Waals surface area contributed by atoms with Gasteiger partial charge in [-0.15, -0.1) is 0 Å². The van der Waals surface area contributed by atoms with Gasteiger partial charge in [0.1, 0.15) is 6.10 Å². The highest BCUT2D eigenvalue weighted by molar-refractivity contribution is 5.91. The van der Waals surface area contributed by atoms with E-state index in [2.05, 4.69) is 0 Å². The number of nitrogens with two attached hydrogens (primary N) is 1. The molecule has 0 saturated carbocycles. The second kappa shape index (κ2) is 9.17. The lowest BCUT2D eigenvalue weighted by Crippen LogP contribution is -2.13. The van der Waals surface area contributed by atoms with Gasteiger partial charge in [-0.25, -0.2) is 4.79 Å². The molecule has 0 saturated heterocycles. The Morgan fingerprint density at radius 2 is 1.87 bits per heavy atom. The summed E-state index contributed by atoms with van der Waals surface area (Å²) in [5.74, 6) is -1.61. The molecule has 5 N–H and O–H groups in total. The zero-order valence-electron chi connectivity index (χ0n) is 8.80. The molecule has 6 nitrogen and oxygen atoms in total. The van der Waals surface area contributed by atoms with Gasteiger partial charge in [0.15, 0.2) is 0 Å². The number of aliphatic hydroxyl groups is 2. The minimum Gasteiger partial charge on any atom is -0.479 e. The number of rotatable bonds is 4. The normalized spacial score (nSPS) is 12.4. The average Bonchev–Trinajstić information content (AvgIpc) is 2.14. The lowest BCUT2D eigenvalue weighted by atomic mass is 10.2. The third-order valence-electron chi connectivity index (χ3n) is 1.33. The molecule has 1 unspecified atom stereocenters. The van der Waals surface area contributed by atoms with E-state index in [1.165, 1.54) is 6.92 Å². The highest BCUT2D eigenvalue weighted by Gasteiger charge is 2.01. The Morgan fingerprint density at radius 3 is 2.07 bits per heavy atom. The molecule has 0 rings (SSSR count). The quantitative estimate of drug-likeness (QED) is 0.464. The Labute approximate surface area is 88.0 Å². The molecule has 15 heavy (non-hydrogen) atoms. The maximum atomic E-state index is 10.3. The number of carboxylic acids is 1. The number of aliphatic carboxylic acids is 1. The van der Waals surface area contributed by atoms with Gasteiger partial charge in [0.05, 0.1) is 0 Å². The second-order valence-corrected chi connectivity index (χ2v) is 2.78. The first-order chi connectivity index (χ1) is 6.82. The number of carboxylic acid groups (broad SMARTS) is 1. The van der Waals surface area contributed by atoms with Crippen LogP contribution >= 0.6 is 0 Å². The summed E-state index contributed by atoms with van der Waals surface area (Å²) in [6, 6.07) is 0. The van der Waals surface area contributed by atoms with E-state index in [1.807, 2.05) is 0 Å². The number of hydrogen-bond acceptors (Lipinski definition) is 4. The lowest BCUT2D eigenvalue weighted by molar-refractivity contribution is -0.145. The van der Waals surface area contributed by atoms with Crippen LogP contribution in [0.3, 0.4) is 0 Å². The molecule has 0 aromatic rings. The molecule has 0 aromatic heterocycles. The molecule has 0 aliphatic heterocycles. The Kier molecular flexibility index (Phi) is 9.81. The molecule has 0 heterocycles. The molecule has 0 aliphatic carbocycles. The van der Waals surface area contributed by atoms with Gasteiger partial charge in [-0.1, -0.05) is 6.08 Å². The van der Waals surface area contributed by atoms with E-state index in [0.717, 1.165) is 0 Å². The summed E-state index contributed by atoms with van der Waals surface area (Å²) >= 11 is 0. The topological polar surface area (TPSA) is 121 Å². The predicted molar refractivity (Wildman–Crippen MR) is 54.0 cm³/mol. The summed E-state index contributed by atoms with van der Waals surface area (Å²) < 4.78 is 0. The van der Waals surface area contributed by atoms with E-state index in [-0.39, 0.29) is 6.61 Å². The Morgan fingerprint density at radius 1 is 1.47 bits per heavy atom. The number of carbonyl (C=O) groups excluding carboxylic acids is 1. The molecule has 0 spiro atoms. The van der Waals surface area contributed by atoms with Gasteiger partial charge in [-0.05, 0) is 20.3 Å². The fourth-order valence-corrected chi connectivity index (χ4v) is 0.382. The van der Waals surface area contributed by atoms with E-state index in [1.54, 1.807) is 13.0 Å². The van der Waals surface area contributed by atoms with Crippen LogP contribution in [0, 0.1) is 0 Å². The first kappa shape index (κ1) is 16.0. The van der Waals surface area contributed by atoms with Crippen LogP contribution in [0.2, 0.25) is 0 Å². The minimum absolute atomic E-state index is 0.0601. The van der Waals surface area contributed by atoms with Crippen molar-refractivity contribution in [3.05, 3.63) is 11.6 Å². The van der Waals surface area contributed by atoms with E-state index in [9.17, 15) is 9.59 Å². The van der Waals surface area contributed by atoms with E-state index in [4.69, 9.17) is 21.1 Å². The number of amides is 1. The third kappa shape index (κ3) is 12.6. The molecule has 0 aromatic carbocycles. The van der Waals surface area contributed by atoms with Crippen LogP contribution in [0.5, 0.6) is 0 Å². The molecular weight excluding hydrogens is 202 g/mol. The van der Waals surface area contributed by atoms with Crippen molar-refractivity contribution >= 4 is 11.9 Å². The van der Waals surface area contributed by atoms with Gasteiger partial charge in [-0.2, -0.15) is 0 Å². The molecule has 1 atom stereocenters. The molecule has 6 heteroatoms. The standard InChI is InChI=1S/C6H11NO2.C3H6O3/c1-5(6(7)9)3-2-4-8;1-2(4)3(5)6/h3,8H,2,4H2,1H3,(H2,7,9);2,4H,1H3,(H,5,6). The Bertz CT molecular complexity index is 235. The monoisotopic (exact) mass is 219 g/mol. The minimum atomic E-state index is -1.23. The number of carbonyl (C=O) groups is 2. The smallest absolute Gasteiger partial charge is 0.332 e. The Balaban J connectivity index is 0. The molecule has 88 valence electrons. The van der Waals surface area contributed by atoms with Crippen LogP contribution in [0.1, 0.15) is 20.3 Å². The summed E-state index contributed by atoms with van der Waals surface area (Å²) in [6.45, 7) is 2.88. The Hall–Kier alpha value is -1.40.